The van der Waals surface area contributed by atoms with E-state index in [1.54, 1.807) is 38.5 Å². The number of aliphatic imine (C=N–C) groups is 2. The molecule has 0 spiro atoms. The highest BCUT2D eigenvalue weighted by Gasteiger charge is 2.38. The molecule has 0 N–H and O–H groups in total. The third-order valence-electron chi connectivity index (χ3n) is 10.7. The predicted octanol–water partition coefficient (Wildman–Crippen LogP) is 9.08. The fourth-order valence-electron chi connectivity index (χ4n) is 8.05. The molecule has 0 radical (unpaired) electrons. The summed E-state index contributed by atoms with van der Waals surface area (Å²) in [5.41, 5.74) is 9.17. The highest BCUT2D eigenvalue weighted by Crippen LogP contribution is 2.43. The van der Waals surface area contributed by atoms with Gasteiger partial charge in [0.1, 0.15) is 13.2 Å². The molecule has 10 nitrogen and oxygen atoms in total. The van der Waals surface area contributed by atoms with Gasteiger partial charge in [0.15, 0.2) is 23.0 Å². The van der Waals surface area contributed by atoms with Gasteiger partial charge in [-0.15, -0.1) is 0 Å². The van der Waals surface area contributed by atoms with Crippen LogP contribution in [0.15, 0.2) is 101 Å². The zero-order valence-electron chi connectivity index (χ0n) is 32.2. The van der Waals surface area contributed by atoms with Gasteiger partial charge in [-0.2, -0.15) is 11.8 Å². The minimum Gasteiger partial charge on any atom is -0.493 e. The number of rotatable bonds is 11. The molecule has 5 aromatic carbocycles. The number of ether oxygens (including phenoxy) is 4. The highest BCUT2D eigenvalue weighted by atomic mass is 32.2. The molecule has 4 heterocycles. The molecule has 0 saturated heterocycles. The predicted molar refractivity (Wildman–Crippen MR) is 225 cm³/mol. The summed E-state index contributed by atoms with van der Waals surface area (Å²) in [6.07, 6.45) is 5.15. The van der Waals surface area contributed by atoms with Gasteiger partial charge < -0.3 is 18.9 Å². The highest BCUT2D eigenvalue weighted by molar-refractivity contribution is 7.99. The third-order valence-corrected chi connectivity index (χ3v) is 11.9. The molecule has 0 aromatic heterocycles. The van der Waals surface area contributed by atoms with Crippen LogP contribution in [-0.2, 0) is 31.8 Å². The van der Waals surface area contributed by atoms with Crippen LogP contribution in [0.25, 0.3) is 0 Å². The number of benzene rings is 5. The van der Waals surface area contributed by atoms with Crippen molar-refractivity contribution < 1.29 is 28.5 Å². The summed E-state index contributed by atoms with van der Waals surface area (Å²) in [6, 6.07) is 29.1. The molecule has 0 saturated carbocycles. The van der Waals surface area contributed by atoms with Crippen LogP contribution in [0.1, 0.15) is 62.4 Å². The Balaban J connectivity index is 0.958. The maximum Gasteiger partial charge on any atom is 0.261 e. The van der Waals surface area contributed by atoms with Crippen LogP contribution in [0, 0.1) is 0 Å². The molecule has 0 aliphatic carbocycles. The molecule has 4 aliphatic rings. The Morgan fingerprint density at radius 1 is 0.632 bits per heavy atom. The van der Waals surface area contributed by atoms with Crippen LogP contribution < -0.4 is 28.7 Å². The maximum atomic E-state index is 13.9. The average Bonchev–Trinajstić information content (AvgIpc) is 3.72. The number of para-hydroxylation sites is 2. The minimum absolute atomic E-state index is 0.113. The van der Waals surface area contributed by atoms with Gasteiger partial charge in [-0.1, -0.05) is 62.4 Å². The Bertz CT molecular complexity index is 2320. The molecular weight excluding hydrogens is 737 g/mol. The van der Waals surface area contributed by atoms with E-state index in [2.05, 4.69) is 44.2 Å². The first kappa shape index (κ1) is 36.6. The molecule has 2 atom stereocenters. The lowest BCUT2D eigenvalue weighted by Crippen LogP contribution is -2.37. The second kappa shape index (κ2) is 15.1. The van der Waals surface area contributed by atoms with Crippen LogP contribution in [-0.4, -0.2) is 55.8 Å². The Morgan fingerprint density at radius 3 is 1.54 bits per heavy atom. The fourth-order valence-corrected chi connectivity index (χ4v) is 8.74. The molecule has 2 amide bonds. The van der Waals surface area contributed by atoms with Gasteiger partial charge in [0.05, 0.1) is 48.8 Å². The van der Waals surface area contributed by atoms with E-state index in [-0.39, 0.29) is 37.1 Å². The van der Waals surface area contributed by atoms with Crippen molar-refractivity contribution in [1.82, 2.24) is 0 Å². The van der Waals surface area contributed by atoms with Crippen molar-refractivity contribution in [2.45, 2.75) is 63.0 Å². The molecule has 57 heavy (non-hydrogen) atoms. The standard InChI is InChI=1S/C46H42N4O6S/c1-27(2)57-26-30-14-28(24-55-43-20-37-35(18-41(43)53-3)45(51)49-33(22-47-37)16-31-9-5-7-11-39(31)49)13-29(15-30)25-56-44-21-38-36(19-42(44)54-4)46(52)50-34(23-48-38)17-32-10-6-8-12-40(32)50/h5-15,18-23,27,33-34H,16-17,24-26H2,1-4H3. The van der Waals surface area contributed by atoms with E-state index < -0.39 is 0 Å². The van der Waals surface area contributed by atoms with E-state index in [0.717, 1.165) is 57.8 Å². The van der Waals surface area contributed by atoms with Gasteiger partial charge in [0, 0.05) is 54.5 Å². The first-order valence-electron chi connectivity index (χ1n) is 19.1. The zero-order chi connectivity index (χ0) is 39.2. The number of fused-ring (bicyclic) bond motifs is 8. The summed E-state index contributed by atoms with van der Waals surface area (Å²) in [5, 5.41) is 0.456. The van der Waals surface area contributed by atoms with Gasteiger partial charge in [0.2, 0.25) is 0 Å². The smallest absolute Gasteiger partial charge is 0.261 e. The topological polar surface area (TPSA) is 102 Å². The molecular formula is C46H42N4O6S. The number of carbonyl (C=O) groups is 2. The van der Waals surface area contributed by atoms with Crippen LogP contribution in [0.3, 0.4) is 0 Å². The molecule has 5 aromatic rings. The molecule has 4 aliphatic heterocycles. The average molecular weight is 779 g/mol. The lowest BCUT2D eigenvalue weighted by atomic mass is 10.1. The van der Waals surface area contributed by atoms with Crippen molar-refractivity contribution in [3.05, 3.63) is 130 Å². The van der Waals surface area contributed by atoms with E-state index in [0.29, 0.717) is 50.7 Å². The van der Waals surface area contributed by atoms with E-state index in [9.17, 15) is 9.59 Å². The monoisotopic (exact) mass is 778 g/mol. The zero-order valence-corrected chi connectivity index (χ0v) is 33.0. The number of thioether (sulfide) groups is 1. The number of hydrogen-bond acceptors (Lipinski definition) is 9. The van der Waals surface area contributed by atoms with Crippen molar-refractivity contribution in [2.75, 3.05) is 24.0 Å². The normalized spacial score (nSPS) is 17.3. The van der Waals surface area contributed by atoms with Crippen LogP contribution in [0.2, 0.25) is 0 Å². The Kier molecular flexibility index (Phi) is 9.70. The Hall–Kier alpha value is -6.07. The largest absolute Gasteiger partial charge is 0.493 e. The molecule has 0 fully saturated rings. The first-order valence-corrected chi connectivity index (χ1v) is 20.2. The number of hydrogen-bond donors (Lipinski definition) is 0. The van der Waals surface area contributed by atoms with Crippen molar-refractivity contribution in [3.8, 4) is 23.0 Å². The SMILES string of the molecule is COc1cc2c(cc1OCc1cc(COc3cc4c(cc3OC)C(=O)N3c5ccccc5CC3C=N4)cc(CSC(C)C)c1)N=CC1Cc3ccccc3N1C2=O. The summed E-state index contributed by atoms with van der Waals surface area (Å²) in [7, 11) is 3.15. The van der Waals surface area contributed by atoms with Gasteiger partial charge in [0.25, 0.3) is 11.8 Å². The minimum atomic E-state index is -0.151. The molecule has 2 unspecified atom stereocenters. The van der Waals surface area contributed by atoms with Crippen molar-refractivity contribution >= 4 is 58.8 Å². The number of anilines is 2. The molecule has 9 rings (SSSR count). The molecule has 11 heteroatoms. The van der Waals surface area contributed by atoms with Gasteiger partial charge in [-0.3, -0.25) is 29.4 Å². The van der Waals surface area contributed by atoms with Crippen molar-refractivity contribution in [1.29, 1.82) is 0 Å². The number of methoxy groups -OCH3 is 2. The lowest BCUT2D eigenvalue weighted by molar-refractivity contribution is 0.0978. The van der Waals surface area contributed by atoms with E-state index in [1.807, 2.05) is 70.4 Å². The lowest BCUT2D eigenvalue weighted by Gasteiger charge is -2.22. The van der Waals surface area contributed by atoms with E-state index in [1.165, 1.54) is 0 Å². The molecule has 288 valence electrons. The second-order valence-electron chi connectivity index (χ2n) is 14.8. The number of carbonyl (C=O) groups excluding carboxylic acids is 2. The Labute approximate surface area is 336 Å². The Morgan fingerprint density at radius 2 is 1.09 bits per heavy atom. The van der Waals surface area contributed by atoms with Gasteiger partial charge >= 0.3 is 0 Å². The van der Waals surface area contributed by atoms with Crippen LogP contribution >= 0.6 is 11.8 Å². The quantitative estimate of drug-likeness (QED) is 0.132. The van der Waals surface area contributed by atoms with Crippen LogP contribution in [0.5, 0.6) is 23.0 Å². The summed E-state index contributed by atoms with van der Waals surface area (Å²) in [5.74, 6) is 2.50. The van der Waals surface area contributed by atoms with Gasteiger partial charge in [-0.05, 0) is 63.4 Å². The number of nitrogens with zero attached hydrogens (tertiary/aromatic N) is 4. The first-order chi connectivity index (χ1) is 27.8. The third kappa shape index (κ3) is 6.90. The van der Waals surface area contributed by atoms with Gasteiger partial charge in [-0.25, -0.2) is 0 Å². The summed E-state index contributed by atoms with van der Waals surface area (Å²) >= 11 is 1.86. The molecule has 0 bridgehead atoms. The number of amides is 2. The summed E-state index contributed by atoms with van der Waals surface area (Å²) in [4.78, 5) is 41.0. The summed E-state index contributed by atoms with van der Waals surface area (Å²) < 4.78 is 24.4. The fraction of sp³-hybridized carbons (Fsp3) is 0.261. The maximum absolute atomic E-state index is 13.9. The van der Waals surface area contributed by atoms with E-state index in [4.69, 9.17) is 28.9 Å². The van der Waals surface area contributed by atoms with Crippen molar-refractivity contribution in [2.24, 2.45) is 9.98 Å². The second-order valence-corrected chi connectivity index (χ2v) is 16.4. The summed E-state index contributed by atoms with van der Waals surface area (Å²) in [6.45, 7) is 4.87. The van der Waals surface area contributed by atoms with Crippen LogP contribution in [0.4, 0.5) is 22.7 Å². The van der Waals surface area contributed by atoms with Crippen molar-refractivity contribution in [3.63, 3.8) is 0 Å². The van der Waals surface area contributed by atoms with E-state index >= 15 is 0 Å².